The van der Waals surface area contributed by atoms with E-state index < -0.39 is 0 Å². The molecule has 0 amide bonds. The number of hydrogen-bond acceptors (Lipinski definition) is 4. The minimum absolute atomic E-state index is 0.0294. The third-order valence-electron chi connectivity index (χ3n) is 5.09. The zero-order valence-corrected chi connectivity index (χ0v) is 19.2. The molecule has 0 spiro atoms. The second-order valence-corrected chi connectivity index (χ2v) is 7.08. The first-order chi connectivity index (χ1) is 16.2. The topological polar surface area (TPSA) is 96.7 Å². The van der Waals surface area contributed by atoms with Crippen LogP contribution >= 0.6 is 0 Å². The van der Waals surface area contributed by atoms with Crippen LogP contribution < -0.4 is 10.6 Å². The van der Waals surface area contributed by atoms with Gasteiger partial charge in [0.15, 0.2) is 5.84 Å². The molecule has 0 radical (unpaired) electrons. The Morgan fingerprint density at radius 2 is 1.67 bits per heavy atom. The smallest absolute Gasteiger partial charge is 0.176 e. The summed E-state index contributed by atoms with van der Waals surface area (Å²) in [4.78, 5) is 4.67. The van der Waals surface area contributed by atoms with Crippen molar-refractivity contribution in [2.75, 3.05) is 0 Å². The maximum absolute atomic E-state index is 8.06. The van der Waals surface area contributed by atoms with Crippen LogP contribution in [0.4, 0.5) is 0 Å². The van der Waals surface area contributed by atoms with Gasteiger partial charge in [0, 0.05) is 22.7 Å². The number of pyridine rings is 1. The van der Waals surface area contributed by atoms with Gasteiger partial charge in [0.05, 0.1) is 5.52 Å². The molecule has 0 atom stereocenters. The van der Waals surface area contributed by atoms with Crippen LogP contribution in [0.1, 0.15) is 37.6 Å². The number of benzene rings is 3. The predicted octanol–water partition coefficient (Wildman–Crippen LogP) is 6.72. The van der Waals surface area contributed by atoms with Crippen molar-refractivity contribution < 1.29 is 4.74 Å². The summed E-state index contributed by atoms with van der Waals surface area (Å²) in [7, 11) is 0. The highest BCUT2D eigenvalue weighted by molar-refractivity contribution is 6.02. The van der Waals surface area contributed by atoms with Gasteiger partial charge in [-0.3, -0.25) is 10.4 Å². The number of nitrogens with one attached hydrogen (secondary N) is 1. The van der Waals surface area contributed by atoms with E-state index in [-0.39, 0.29) is 5.84 Å². The molecule has 0 fully saturated rings. The number of nitrogens with zero attached hydrogens (tertiary/aromatic N) is 3. The van der Waals surface area contributed by atoms with Gasteiger partial charge in [0.25, 0.3) is 0 Å². The van der Waals surface area contributed by atoms with Crippen LogP contribution in [0.25, 0.3) is 22.0 Å². The molecule has 33 heavy (non-hydrogen) atoms. The van der Waals surface area contributed by atoms with Gasteiger partial charge in [-0.15, -0.1) is 5.11 Å². The molecular weight excluding hydrogens is 410 g/mol. The molecule has 6 heteroatoms. The Labute approximate surface area is 194 Å². The van der Waals surface area contributed by atoms with Crippen molar-refractivity contribution in [3.05, 3.63) is 95.7 Å². The summed E-state index contributed by atoms with van der Waals surface area (Å²) in [5, 5.41) is 16.0. The number of fused-ring (bicyclic) bond motifs is 1. The fourth-order valence-corrected chi connectivity index (χ4v) is 3.49. The molecule has 0 aliphatic heterocycles. The van der Waals surface area contributed by atoms with E-state index in [2.05, 4.69) is 22.2 Å². The zero-order chi connectivity index (χ0) is 23.6. The van der Waals surface area contributed by atoms with E-state index in [4.69, 9.17) is 16.0 Å². The Kier molecular flexibility index (Phi) is 8.24. The summed E-state index contributed by atoms with van der Waals surface area (Å²) in [6.07, 6.45) is 0.855. The molecule has 4 rings (SSSR count). The lowest BCUT2D eigenvalue weighted by molar-refractivity contribution is 0.309. The Morgan fingerprint density at radius 1 is 0.970 bits per heavy atom. The van der Waals surface area contributed by atoms with Gasteiger partial charge in [-0.25, -0.2) is 0 Å². The molecule has 0 aliphatic rings. The summed E-state index contributed by atoms with van der Waals surface area (Å²) in [5.74, 6) is 5.98. The Bertz CT molecular complexity index is 1250. The van der Waals surface area contributed by atoms with Crippen LogP contribution in [-0.4, -0.2) is 10.8 Å². The first kappa shape index (κ1) is 23.6. The van der Waals surface area contributed by atoms with E-state index in [0.717, 1.165) is 45.5 Å². The standard InChI is InChI=1S/C25H23N5O.C2H6/c1-2-19-15-24(22-9-5-6-10-23(22)28-19)31-16-17-11-13-18(14-12-17)20-7-3-4-8-21(20)25(26)29-30-27;1-2/h3-15H,2,16H2,1H3,(H3,26,27,29);1-2H3. The SMILES string of the molecule is CC.CCc1cc(OCc2ccc(-c3ccccc3C(=N)N=NN)cc2)c2ccccc2n1. The highest BCUT2D eigenvalue weighted by atomic mass is 16.5. The van der Waals surface area contributed by atoms with Gasteiger partial charge in [-0.1, -0.05) is 86.7 Å². The van der Waals surface area contributed by atoms with Crippen molar-refractivity contribution in [3.63, 3.8) is 0 Å². The average Bonchev–Trinajstić information content (AvgIpc) is 2.88. The van der Waals surface area contributed by atoms with Gasteiger partial charge in [-0.05, 0) is 35.2 Å². The summed E-state index contributed by atoms with van der Waals surface area (Å²) in [6.45, 7) is 6.54. The zero-order valence-electron chi connectivity index (χ0n) is 19.2. The molecule has 1 aromatic heterocycles. The number of para-hydroxylation sites is 1. The van der Waals surface area contributed by atoms with E-state index in [1.807, 2.05) is 92.7 Å². The Hall–Kier alpha value is -4.06. The fourth-order valence-electron chi connectivity index (χ4n) is 3.49. The van der Waals surface area contributed by atoms with Crippen molar-refractivity contribution in [2.45, 2.75) is 33.8 Å². The second-order valence-electron chi connectivity index (χ2n) is 7.08. The molecule has 3 aromatic carbocycles. The number of nitrogens with two attached hydrogens (primary N) is 1. The molecule has 0 bridgehead atoms. The van der Waals surface area contributed by atoms with Crippen LogP contribution in [0.5, 0.6) is 5.75 Å². The van der Waals surface area contributed by atoms with E-state index in [0.29, 0.717) is 12.2 Å². The quantitative estimate of drug-likeness (QED) is 0.115. The first-order valence-corrected chi connectivity index (χ1v) is 11.1. The van der Waals surface area contributed by atoms with Gasteiger partial charge in [0.2, 0.25) is 0 Å². The predicted molar refractivity (Wildman–Crippen MR) is 135 cm³/mol. The van der Waals surface area contributed by atoms with Crippen LogP contribution in [0.3, 0.4) is 0 Å². The third-order valence-corrected chi connectivity index (χ3v) is 5.09. The van der Waals surface area contributed by atoms with E-state index in [9.17, 15) is 0 Å². The maximum Gasteiger partial charge on any atom is 0.176 e. The van der Waals surface area contributed by atoms with Crippen molar-refractivity contribution in [1.29, 1.82) is 5.41 Å². The first-order valence-electron chi connectivity index (χ1n) is 11.1. The normalized spacial score (nSPS) is 10.6. The molecular formula is C27H29N5O. The lowest BCUT2D eigenvalue weighted by Crippen LogP contribution is -2.00. The van der Waals surface area contributed by atoms with Crippen molar-refractivity contribution in [2.24, 2.45) is 16.2 Å². The minimum atomic E-state index is 0.0294. The van der Waals surface area contributed by atoms with E-state index in [1.165, 1.54) is 0 Å². The van der Waals surface area contributed by atoms with Crippen molar-refractivity contribution in [1.82, 2.24) is 4.98 Å². The van der Waals surface area contributed by atoms with Crippen LogP contribution in [0.15, 0.2) is 89.2 Å². The number of aromatic nitrogens is 1. The summed E-state index contributed by atoms with van der Waals surface area (Å²) >= 11 is 0. The van der Waals surface area contributed by atoms with E-state index >= 15 is 0 Å². The molecule has 3 N–H and O–H groups in total. The largest absolute Gasteiger partial charge is 0.488 e. The molecule has 1 heterocycles. The van der Waals surface area contributed by atoms with Crippen molar-refractivity contribution in [3.8, 4) is 16.9 Å². The minimum Gasteiger partial charge on any atom is -0.488 e. The van der Waals surface area contributed by atoms with Crippen LogP contribution in [0.2, 0.25) is 0 Å². The molecule has 4 aromatic rings. The molecule has 0 saturated heterocycles. The summed E-state index contributed by atoms with van der Waals surface area (Å²) in [5.41, 5.74) is 5.57. The highest BCUT2D eigenvalue weighted by Gasteiger charge is 2.10. The number of ether oxygens (including phenoxy) is 1. The monoisotopic (exact) mass is 439 g/mol. The third kappa shape index (κ3) is 5.60. The highest BCUT2D eigenvalue weighted by Crippen LogP contribution is 2.28. The molecule has 6 nitrogen and oxygen atoms in total. The van der Waals surface area contributed by atoms with Gasteiger partial charge in [0.1, 0.15) is 12.4 Å². The Morgan fingerprint density at radius 3 is 2.39 bits per heavy atom. The number of rotatable bonds is 6. The lowest BCUT2D eigenvalue weighted by atomic mass is 9.98. The van der Waals surface area contributed by atoms with Crippen LogP contribution in [0, 0.1) is 5.41 Å². The van der Waals surface area contributed by atoms with Crippen molar-refractivity contribution >= 4 is 16.7 Å². The van der Waals surface area contributed by atoms with Crippen LogP contribution in [-0.2, 0) is 13.0 Å². The number of aryl methyl sites for hydroxylation is 1. The number of hydrogen-bond donors (Lipinski definition) is 2. The summed E-state index contributed by atoms with van der Waals surface area (Å²) < 4.78 is 6.17. The molecule has 0 saturated carbocycles. The van der Waals surface area contributed by atoms with Gasteiger partial charge < -0.3 is 10.6 Å². The molecule has 168 valence electrons. The van der Waals surface area contributed by atoms with Gasteiger partial charge >= 0.3 is 0 Å². The Balaban J connectivity index is 0.00000149. The lowest BCUT2D eigenvalue weighted by Gasteiger charge is -2.12. The fraction of sp³-hybridized carbons (Fsp3) is 0.185. The second kappa shape index (κ2) is 11.5. The van der Waals surface area contributed by atoms with E-state index in [1.54, 1.807) is 0 Å². The average molecular weight is 440 g/mol. The molecule has 0 aliphatic carbocycles. The number of amidine groups is 1. The summed E-state index contributed by atoms with van der Waals surface area (Å²) in [6, 6.07) is 25.7. The molecule has 0 unspecified atom stereocenters. The van der Waals surface area contributed by atoms with Gasteiger partial charge in [-0.2, -0.15) is 0 Å². The maximum atomic E-state index is 8.06.